The van der Waals surface area contributed by atoms with Crippen LogP contribution < -0.4 is 21.3 Å². The molecular formula is C32H44F2N4O8. The third kappa shape index (κ3) is 14.2. The predicted molar refractivity (Wildman–Crippen MR) is 164 cm³/mol. The number of hydrogen-bond acceptors (Lipinski definition) is 8. The number of ether oxygens (including phenoxy) is 3. The van der Waals surface area contributed by atoms with E-state index >= 15 is 0 Å². The van der Waals surface area contributed by atoms with Crippen LogP contribution in [-0.2, 0) is 36.8 Å². The van der Waals surface area contributed by atoms with Crippen molar-refractivity contribution in [1.29, 1.82) is 0 Å². The molecule has 0 fully saturated rings. The van der Waals surface area contributed by atoms with Gasteiger partial charge < -0.3 is 40.6 Å². The minimum Gasteiger partial charge on any atom is -0.450 e. The second-order valence-corrected chi connectivity index (χ2v) is 11.3. The molecule has 0 saturated heterocycles. The van der Waals surface area contributed by atoms with Crippen LogP contribution in [0.4, 0.5) is 18.4 Å². The molecule has 0 aliphatic carbocycles. The first-order valence-electron chi connectivity index (χ1n) is 15.0. The van der Waals surface area contributed by atoms with Crippen molar-refractivity contribution in [3.8, 4) is 0 Å². The molecule has 4 amide bonds. The number of halogens is 2. The maximum Gasteiger partial charge on any atom is 0.407 e. The Labute approximate surface area is 267 Å². The third-order valence-corrected chi connectivity index (χ3v) is 6.65. The quantitative estimate of drug-likeness (QED) is 0.164. The number of carbonyl (C=O) groups is 4. The summed E-state index contributed by atoms with van der Waals surface area (Å²) in [5.41, 5.74) is 0.138. The summed E-state index contributed by atoms with van der Waals surface area (Å²) in [6.45, 7) is 7.02. The summed E-state index contributed by atoms with van der Waals surface area (Å²) in [5.74, 6) is -2.61. The average molecular weight is 651 g/mol. The monoisotopic (exact) mass is 650 g/mol. The Hall–Kier alpha value is -4.30. The number of carbonyl (C=O) groups excluding carboxylic acids is 4. The van der Waals surface area contributed by atoms with Gasteiger partial charge >= 0.3 is 12.2 Å². The lowest BCUT2D eigenvalue weighted by atomic mass is 9.93. The van der Waals surface area contributed by atoms with Gasteiger partial charge in [0.05, 0.1) is 32.5 Å². The van der Waals surface area contributed by atoms with Gasteiger partial charge in [-0.05, 0) is 55.0 Å². The Morgan fingerprint density at radius 3 is 2.17 bits per heavy atom. The maximum absolute atomic E-state index is 14.2. The van der Waals surface area contributed by atoms with Gasteiger partial charge in [0.15, 0.2) is 6.10 Å². The van der Waals surface area contributed by atoms with Gasteiger partial charge in [0, 0.05) is 25.6 Å². The molecule has 0 aromatic heterocycles. The fourth-order valence-corrected chi connectivity index (χ4v) is 4.20. The van der Waals surface area contributed by atoms with Gasteiger partial charge in [-0.2, -0.15) is 0 Å². The summed E-state index contributed by atoms with van der Waals surface area (Å²) < 4.78 is 43.3. The van der Waals surface area contributed by atoms with Gasteiger partial charge in [0.2, 0.25) is 5.91 Å². The summed E-state index contributed by atoms with van der Waals surface area (Å²) in [5, 5.41) is 21.0. The van der Waals surface area contributed by atoms with Crippen LogP contribution in [0.3, 0.4) is 0 Å². The van der Waals surface area contributed by atoms with E-state index < -0.39 is 59.2 Å². The topological polar surface area (TPSA) is 164 Å². The van der Waals surface area contributed by atoms with E-state index in [1.54, 1.807) is 27.7 Å². The molecule has 14 heteroatoms. The standard InChI is InChI=1S/C32H44F2N4O8/c1-5-45-30(42)37-24(15-22-14-23(33)12-13-25(22)34)16-27(39)35-19-32(3,4)20-36-29(41)28(40)26(38-31(43)46-6-2)18-44-17-21-10-8-7-9-11-21/h7-14,24,26,28,40H,5-6,15-20H2,1-4H3,(H,35,39)(H,36,41)(H,37,42)(H,38,43)/t24-,26-,28+/m1/s1. The van der Waals surface area contributed by atoms with E-state index in [1.807, 2.05) is 30.3 Å². The van der Waals surface area contributed by atoms with Gasteiger partial charge in [-0.25, -0.2) is 18.4 Å². The molecule has 0 aliphatic rings. The summed E-state index contributed by atoms with van der Waals surface area (Å²) in [4.78, 5) is 49.7. The molecular weight excluding hydrogens is 606 g/mol. The highest BCUT2D eigenvalue weighted by atomic mass is 19.1. The van der Waals surface area contributed by atoms with Crippen molar-refractivity contribution >= 4 is 24.0 Å². The number of amides is 4. The maximum atomic E-state index is 14.2. The molecule has 0 unspecified atom stereocenters. The van der Waals surface area contributed by atoms with Crippen molar-refractivity contribution in [2.75, 3.05) is 32.9 Å². The minimum atomic E-state index is -1.68. The van der Waals surface area contributed by atoms with Gasteiger partial charge in [0.25, 0.3) is 5.91 Å². The van der Waals surface area contributed by atoms with Crippen molar-refractivity contribution in [2.24, 2.45) is 5.41 Å². The first-order chi connectivity index (χ1) is 21.8. The van der Waals surface area contributed by atoms with Crippen LogP contribution in [-0.4, -0.2) is 80.2 Å². The first kappa shape index (κ1) is 37.9. The van der Waals surface area contributed by atoms with Crippen LogP contribution in [0.15, 0.2) is 48.5 Å². The average Bonchev–Trinajstić information content (AvgIpc) is 3.00. The van der Waals surface area contributed by atoms with E-state index in [2.05, 4.69) is 21.3 Å². The summed E-state index contributed by atoms with van der Waals surface area (Å²) in [6.07, 6.45) is -3.73. The second-order valence-electron chi connectivity index (χ2n) is 11.3. The highest BCUT2D eigenvalue weighted by Crippen LogP contribution is 2.15. The molecule has 3 atom stereocenters. The lowest BCUT2D eigenvalue weighted by molar-refractivity contribution is -0.132. The number of aliphatic hydroxyl groups excluding tert-OH is 1. The molecule has 12 nitrogen and oxygen atoms in total. The fraction of sp³-hybridized carbons (Fsp3) is 0.500. The van der Waals surface area contributed by atoms with Gasteiger partial charge in [-0.15, -0.1) is 0 Å². The van der Waals surface area contributed by atoms with Crippen LogP contribution in [0.2, 0.25) is 0 Å². The number of alkyl carbamates (subject to hydrolysis) is 2. The first-order valence-corrected chi connectivity index (χ1v) is 15.0. The summed E-state index contributed by atoms with van der Waals surface area (Å²) >= 11 is 0. The van der Waals surface area contributed by atoms with Crippen LogP contribution in [0, 0.1) is 17.0 Å². The molecule has 0 spiro atoms. The molecule has 2 aromatic carbocycles. The number of benzene rings is 2. The van der Waals surface area contributed by atoms with E-state index in [0.717, 1.165) is 23.8 Å². The van der Waals surface area contributed by atoms with Crippen LogP contribution >= 0.6 is 0 Å². The molecule has 5 N–H and O–H groups in total. The van der Waals surface area contributed by atoms with Crippen LogP contribution in [0.1, 0.15) is 45.2 Å². The van der Waals surface area contributed by atoms with E-state index in [1.165, 1.54) is 0 Å². The zero-order chi connectivity index (χ0) is 34.1. The lowest BCUT2D eigenvalue weighted by Crippen LogP contribution is -2.54. The summed E-state index contributed by atoms with van der Waals surface area (Å²) in [6, 6.07) is 10.1. The number of aliphatic hydroxyl groups is 1. The number of rotatable bonds is 18. The molecule has 0 heterocycles. The Balaban J connectivity index is 1.94. The van der Waals surface area contributed by atoms with Gasteiger partial charge in [-0.1, -0.05) is 44.2 Å². The molecule has 0 saturated carbocycles. The molecule has 46 heavy (non-hydrogen) atoms. The van der Waals surface area contributed by atoms with E-state index in [9.17, 15) is 33.1 Å². The van der Waals surface area contributed by atoms with Crippen LogP contribution in [0.5, 0.6) is 0 Å². The third-order valence-electron chi connectivity index (χ3n) is 6.65. The predicted octanol–water partition coefficient (Wildman–Crippen LogP) is 2.96. The smallest absolute Gasteiger partial charge is 0.407 e. The van der Waals surface area contributed by atoms with Crippen molar-refractivity contribution in [3.63, 3.8) is 0 Å². The molecule has 0 bridgehead atoms. The van der Waals surface area contributed by atoms with Crippen molar-refractivity contribution < 1.29 is 47.3 Å². The second kappa shape index (κ2) is 19.3. The van der Waals surface area contributed by atoms with E-state index in [-0.39, 0.29) is 57.9 Å². The molecule has 0 radical (unpaired) electrons. The van der Waals surface area contributed by atoms with Gasteiger partial charge in [-0.3, -0.25) is 9.59 Å². The number of nitrogens with one attached hydrogen (secondary N) is 4. The highest BCUT2D eigenvalue weighted by molar-refractivity contribution is 5.82. The largest absolute Gasteiger partial charge is 0.450 e. The zero-order valence-electron chi connectivity index (χ0n) is 26.6. The minimum absolute atomic E-state index is 0.0163. The van der Waals surface area contributed by atoms with E-state index in [4.69, 9.17) is 14.2 Å². The lowest BCUT2D eigenvalue weighted by Gasteiger charge is -2.28. The van der Waals surface area contributed by atoms with Crippen molar-refractivity contribution in [3.05, 3.63) is 71.3 Å². The summed E-state index contributed by atoms with van der Waals surface area (Å²) in [7, 11) is 0. The molecule has 0 aliphatic heterocycles. The SMILES string of the molecule is CCOC(=O)N[C@@H](CC(=O)NCC(C)(C)CNC(=O)[C@@H](O)[C@@H](COCc1ccccc1)NC(=O)OCC)Cc1cc(F)ccc1F. The Kier molecular flexibility index (Phi) is 15.9. The van der Waals surface area contributed by atoms with Crippen LogP contribution in [0.25, 0.3) is 0 Å². The van der Waals surface area contributed by atoms with Gasteiger partial charge in [0.1, 0.15) is 11.6 Å². The Morgan fingerprint density at radius 2 is 1.52 bits per heavy atom. The van der Waals surface area contributed by atoms with Crippen molar-refractivity contribution in [2.45, 2.75) is 65.3 Å². The Bertz CT molecular complexity index is 1280. The zero-order valence-corrected chi connectivity index (χ0v) is 26.6. The van der Waals surface area contributed by atoms with E-state index in [0.29, 0.717) is 0 Å². The number of hydrogen-bond donors (Lipinski definition) is 5. The Morgan fingerprint density at radius 1 is 0.891 bits per heavy atom. The molecule has 2 rings (SSSR count). The molecule has 254 valence electrons. The highest BCUT2D eigenvalue weighted by Gasteiger charge is 2.30. The molecule has 2 aromatic rings. The van der Waals surface area contributed by atoms with Crippen molar-refractivity contribution in [1.82, 2.24) is 21.3 Å². The normalized spacial score (nSPS) is 13.1. The fourth-order valence-electron chi connectivity index (χ4n) is 4.20.